The quantitative estimate of drug-likeness (QED) is 0.682. The lowest BCUT2D eigenvalue weighted by molar-refractivity contribution is 0.112. The summed E-state index contributed by atoms with van der Waals surface area (Å²) in [7, 11) is 2.07. The van der Waals surface area contributed by atoms with E-state index < -0.39 is 0 Å². The van der Waals surface area contributed by atoms with Crippen molar-refractivity contribution in [3.05, 3.63) is 29.3 Å². The molecule has 0 fully saturated rings. The molecule has 0 aliphatic carbocycles. The molecular weight excluding hydrogens is 174 g/mol. The fourth-order valence-corrected chi connectivity index (χ4v) is 1.49. The van der Waals surface area contributed by atoms with Crippen LogP contribution in [0.25, 0.3) is 0 Å². The molecule has 1 aromatic rings. The van der Waals surface area contributed by atoms with Gasteiger partial charge in [-0.1, -0.05) is 6.92 Å². The predicted octanol–water partition coefficient (Wildman–Crippen LogP) is 2.65. The van der Waals surface area contributed by atoms with Gasteiger partial charge in [0.05, 0.1) is 0 Å². The maximum atomic E-state index is 10.6. The summed E-state index contributed by atoms with van der Waals surface area (Å²) < 4.78 is 0. The molecule has 2 nitrogen and oxygen atoms in total. The second kappa shape index (κ2) is 4.80. The highest BCUT2D eigenvalue weighted by atomic mass is 16.1. The van der Waals surface area contributed by atoms with E-state index in [1.165, 1.54) is 5.69 Å². The van der Waals surface area contributed by atoms with Crippen LogP contribution in [0.1, 0.15) is 29.3 Å². The zero-order chi connectivity index (χ0) is 10.6. The fraction of sp³-hybridized carbons (Fsp3) is 0.417. The van der Waals surface area contributed by atoms with Gasteiger partial charge in [0.15, 0.2) is 0 Å². The lowest BCUT2D eigenvalue weighted by atomic mass is 10.1. The van der Waals surface area contributed by atoms with Crippen molar-refractivity contribution in [3.8, 4) is 0 Å². The normalized spacial score (nSPS) is 9.93. The number of rotatable bonds is 4. The number of benzene rings is 1. The number of aryl methyl sites for hydroxylation is 1. The van der Waals surface area contributed by atoms with E-state index in [2.05, 4.69) is 24.9 Å². The van der Waals surface area contributed by atoms with Gasteiger partial charge >= 0.3 is 0 Å². The molecule has 0 aromatic heterocycles. The van der Waals surface area contributed by atoms with Gasteiger partial charge in [0.1, 0.15) is 6.29 Å². The first-order valence-corrected chi connectivity index (χ1v) is 4.96. The maximum absolute atomic E-state index is 10.6. The van der Waals surface area contributed by atoms with E-state index in [9.17, 15) is 4.79 Å². The lowest BCUT2D eigenvalue weighted by Crippen LogP contribution is -2.17. The molecule has 1 aromatic carbocycles. The van der Waals surface area contributed by atoms with Crippen LogP contribution in [-0.2, 0) is 0 Å². The first kappa shape index (κ1) is 10.8. The second-order valence-corrected chi connectivity index (χ2v) is 3.58. The maximum Gasteiger partial charge on any atom is 0.150 e. The number of aldehydes is 1. The molecule has 0 aliphatic heterocycles. The predicted molar refractivity (Wildman–Crippen MR) is 60.1 cm³/mol. The van der Waals surface area contributed by atoms with Gasteiger partial charge in [0.25, 0.3) is 0 Å². The fourth-order valence-electron chi connectivity index (χ4n) is 1.49. The molecule has 0 aliphatic rings. The Labute approximate surface area is 85.5 Å². The van der Waals surface area contributed by atoms with E-state index in [4.69, 9.17) is 0 Å². The molecular formula is C12H17NO. The molecule has 0 spiro atoms. The third-order valence-corrected chi connectivity index (χ3v) is 2.38. The Morgan fingerprint density at radius 2 is 2.14 bits per heavy atom. The van der Waals surface area contributed by atoms with Crippen molar-refractivity contribution >= 4 is 12.0 Å². The highest BCUT2D eigenvalue weighted by Gasteiger charge is 2.02. The molecule has 2 heteroatoms. The summed E-state index contributed by atoms with van der Waals surface area (Å²) in [6.45, 7) is 5.16. The third kappa shape index (κ3) is 2.34. The van der Waals surface area contributed by atoms with Crippen LogP contribution in [-0.4, -0.2) is 19.9 Å². The molecule has 1 rings (SSSR count). The van der Waals surface area contributed by atoms with Crippen LogP contribution < -0.4 is 4.90 Å². The van der Waals surface area contributed by atoms with Gasteiger partial charge in [-0.05, 0) is 37.1 Å². The minimum absolute atomic E-state index is 0.777. The van der Waals surface area contributed by atoms with Gasteiger partial charge in [0.2, 0.25) is 0 Å². The zero-order valence-corrected chi connectivity index (χ0v) is 9.08. The van der Waals surface area contributed by atoms with Crippen molar-refractivity contribution in [3.63, 3.8) is 0 Å². The summed E-state index contributed by atoms with van der Waals surface area (Å²) in [6, 6.07) is 5.93. The van der Waals surface area contributed by atoms with Crippen LogP contribution in [0.4, 0.5) is 5.69 Å². The molecule has 0 radical (unpaired) electrons. The molecule has 0 saturated heterocycles. The number of anilines is 1. The molecule has 0 atom stereocenters. The standard InChI is InChI=1S/C12H17NO/c1-4-7-13(3)12-6-5-11(9-14)10(2)8-12/h5-6,8-9H,4,7H2,1-3H3. The van der Waals surface area contributed by atoms with Crippen LogP contribution in [0.2, 0.25) is 0 Å². The zero-order valence-electron chi connectivity index (χ0n) is 9.08. The Kier molecular flexibility index (Phi) is 3.69. The Balaban J connectivity index is 2.90. The van der Waals surface area contributed by atoms with Gasteiger partial charge in [-0.15, -0.1) is 0 Å². The minimum Gasteiger partial charge on any atom is -0.375 e. The van der Waals surface area contributed by atoms with E-state index in [1.807, 2.05) is 19.1 Å². The molecule has 0 heterocycles. The first-order chi connectivity index (χ1) is 6.69. The van der Waals surface area contributed by atoms with Crippen molar-refractivity contribution in [2.45, 2.75) is 20.3 Å². The average molecular weight is 191 g/mol. The molecule has 0 amide bonds. The highest BCUT2D eigenvalue weighted by Crippen LogP contribution is 2.17. The summed E-state index contributed by atoms with van der Waals surface area (Å²) in [5.41, 5.74) is 2.99. The topological polar surface area (TPSA) is 20.3 Å². The van der Waals surface area contributed by atoms with Gasteiger partial charge in [-0.3, -0.25) is 4.79 Å². The van der Waals surface area contributed by atoms with Crippen molar-refractivity contribution in [1.82, 2.24) is 0 Å². The number of carbonyl (C=O) groups is 1. The van der Waals surface area contributed by atoms with Crippen molar-refractivity contribution in [2.75, 3.05) is 18.5 Å². The van der Waals surface area contributed by atoms with Crippen LogP contribution in [0.3, 0.4) is 0 Å². The molecule has 14 heavy (non-hydrogen) atoms. The monoisotopic (exact) mass is 191 g/mol. The molecule has 0 unspecified atom stereocenters. The van der Waals surface area contributed by atoms with Gasteiger partial charge in [-0.25, -0.2) is 0 Å². The molecule has 76 valence electrons. The second-order valence-electron chi connectivity index (χ2n) is 3.58. The van der Waals surface area contributed by atoms with Crippen molar-refractivity contribution in [2.24, 2.45) is 0 Å². The smallest absolute Gasteiger partial charge is 0.150 e. The van der Waals surface area contributed by atoms with Crippen LogP contribution >= 0.6 is 0 Å². The summed E-state index contributed by atoms with van der Waals surface area (Å²) in [4.78, 5) is 12.8. The molecule has 0 N–H and O–H groups in total. The van der Waals surface area contributed by atoms with E-state index in [0.717, 1.165) is 30.4 Å². The first-order valence-electron chi connectivity index (χ1n) is 4.96. The van der Waals surface area contributed by atoms with Crippen LogP contribution in [0.15, 0.2) is 18.2 Å². The number of carbonyl (C=O) groups excluding carboxylic acids is 1. The Hall–Kier alpha value is -1.31. The SMILES string of the molecule is CCCN(C)c1ccc(C=O)c(C)c1. The number of hydrogen-bond donors (Lipinski definition) is 0. The summed E-state index contributed by atoms with van der Waals surface area (Å²) in [5.74, 6) is 0. The van der Waals surface area contributed by atoms with Crippen molar-refractivity contribution < 1.29 is 4.79 Å². The largest absolute Gasteiger partial charge is 0.375 e. The number of nitrogens with zero attached hydrogens (tertiary/aromatic N) is 1. The molecule has 0 saturated carbocycles. The minimum atomic E-state index is 0.777. The third-order valence-electron chi connectivity index (χ3n) is 2.38. The van der Waals surface area contributed by atoms with Crippen molar-refractivity contribution in [1.29, 1.82) is 0 Å². The van der Waals surface area contributed by atoms with E-state index in [1.54, 1.807) is 0 Å². The van der Waals surface area contributed by atoms with Crippen LogP contribution in [0.5, 0.6) is 0 Å². The van der Waals surface area contributed by atoms with Gasteiger partial charge in [0, 0.05) is 24.8 Å². The Bertz CT molecular complexity index is 320. The summed E-state index contributed by atoms with van der Waals surface area (Å²) in [6.07, 6.45) is 2.03. The van der Waals surface area contributed by atoms with Crippen LogP contribution in [0, 0.1) is 6.92 Å². The van der Waals surface area contributed by atoms with E-state index in [0.29, 0.717) is 0 Å². The highest BCUT2D eigenvalue weighted by molar-refractivity contribution is 5.78. The lowest BCUT2D eigenvalue weighted by Gasteiger charge is -2.19. The molecule has 0 bridgehead atoms. The Morgan fingerprint density at radius 3 is 2.64 bits per heavy atom. The summed E-state index contributed by atoms with van der Waals surface area (Å²) in [5, 5.41) is 0. The summed E-state index contributed by atoms with van der Waals surface area (Å²) >= 11 is 0. The van der Waals surface area contributed by atoms with Gasteiger partial charge in [-0.2, -0.15) is 0 Å². The average Bonchev–Trinajstić information content (AvgIpc) is 2.18. The Morgan fingerprint density at radius 1 is 1.43 bits per heavy atom. The van der Waals surface area contributed by atoms with E-state index >= 15 is 0 Å². The van der Waals surface area contributed by atoms with E-state index in [-0.39, 0.29) is 0 Å². The van der Waals surface area contributed by atoms with Gasteiger partial charge < -0.3 is 4.90 Å². The number of hydrogen-bond acceptors (Lipinski definition) is 2.